The molecule has 5 nitrogen and oxygen atoms in total. The number of halogens is 1. The number of piperidine rings is 1. The Morgan fingerprint density at radius 2 is 1.76 bits per heavy atom. The maximum atomic E-state index is 13.3. The minimum absolute atomic E-state index is 0.320. The summed E-state index contributed by atoms with van der Waals surface area (Å²) in [5, 5.41) is 0. The Kier molecular flexibility index (Phi) is 7.22. The number of likely N-dealkylation sites (tertiary alicyclic amines) is 2. The van der Waals surface area contributed by atoms with Gasteiger partial charge in [0.2, 0.25) is 5.91 Å². The number of hydrogen-bond donors (Lipinski definition) is 0. The van der Waals surface area contributed by atoms with E-state index in [9.17, 15) is 4.79 Å². The molecule has 2 fully saturated rings. The molecule has 3 aliphatic rings. The molecule has 0 bridgehead atoms. The van der Waals surface area contributed by atoms with Gasteiger partial charge in [-0.05, 0) is 93.8 Å². The van der Waals surface area contributed by atoms with Gasteiger partial charge < -0.3 is 14.4 Å². The molecule has 194 valence electrons. The van der Waals surface area contributed by atoms with Gasteiger partial charge in [-0.2, -0.15) is 0 Å². The first-order chi connectivity index (χ1) is 18.1. The van der Waals surface area contributed by atoms with E-state index in [-0.39, 0.29) is 5.54 Å². The predicted octanol–water partition coefficient (Wildman–Crippen LogP) is 6.31. The fourth-order valence-corrected chi connectivity index (χ4v) is 7.16. The van der Waals surface area contributed by atoms with Gasteiger partial charge >= 0.3 is 0 Å². The van der Waals surface area contributed by atoms with Crippen molar-refractivity contribution in [2.24, 2.45) is 5.92 Å². The van der Waals surface area contributed by atoms with Crippen LogP contribution < -0.4 is 0 Å². The molecule has 3 aromatic rings. The van der Waals surface area contributed by atoms with Gasteiger partial charge in [0.05, 0.1) is 5.54 Å². The molecule has 4 heterocycles. The number of fused-ring (bicyclic) bond motifs is 3. The van der Waals surface area contributed by atoms with Crippen LogP contribution in [0.25, 0.3) is 11.4 Å². The molecule has 3 aliphatic heterocycles. The Morgan fingerprint density at radius 3 is 2.54 bits per heavy atom. The first-order valence-electron chi connectivity index (χ1n) is 14.0. The zero-order valence-corrected chi connectivity index (χ0v) is 23.2. The van der Waals surface area contributed by atoms with Crippen molar-refractivity contribution in [1.29, 1.82) is 0 Å². The van der Waals surface area contributed by atoms with E-state index >= 15 is 0 Å². The highest BCUT2D eigenvalue weighted by molar-refractivity contribution is 9.10. The van der Waals surface area contributed by atoms with Crippen molar-refractivity contribution in [3.8, 4) is 11.4 Å². The summed E-state index contributed by atoms with van der Waals surface area (Å²) in [4.78, 5) is 22.7. The van der Waals surface area contributed by atoms with Crippen molar-refractivity contribution < 1.29 is 4.79 Å². The molecule has 6 heteroatoms. The molecule has 0 N–H and O–H groups in total. The number of amides is 1. The number of nitrogens with zero attached hydrogens (tertiary/aromatic N) is 4. The average molecular weight is 562 g/mol. The van der Waals surface area contributed by atoms with Gasteiger partial charge in [0, 0.05) is 41.9 Å². The van der Waals surface area contributed by atoms with Gasteiger partial charge in [0.15, 0.2) is 0 Å². The number of carbonyl (C=O) groups is 1. The number of rotatable bonds is 8. The summed E-state index contributed by atoms with van der Waals surface area (Å²) < 4.78 is 3.40. The minimum Gasteiger partial charge on any atom is -0.343 e. The van der Waals surface area contributed by atoms with Crippen molar-refractivity contribution in [1.82, 2.24) is 19.4 Å². The summed E-state index contributed by atoms with van der Waals surface area (Å²) in [7, 11) is 0. The summed E-state index contributed by atoms with van der Waals surface area (Å²) in [5.74, 6) is 2.11. The number of hydrogen-bond acceptors (Lipinski definition) is 3. The molecule has 1 amide bonds. The van der Waals surface area contributed by atoms with Crippen molar-refractivity contribution in [2.45, 2.75) is 56.9 Å². The van der Waals surface area contributed by atoms with Crippen molar-refractivity contribution >= 4 is 21.8 Å². The zero-order valence-electron chi connectivity index (χ0n) is 21.6. The smallest absolute Gasteiger partial charge is 0.222 e. The normalized spacial score (nSPS) is 21.8. The summed E-state index contributed by atoms with van der Waals surface area (Å²) in [6, 6.07) is 17.3. The summed E-state index contributed by atoms with van der Waals surface area (Å²) >= 11 is 3.60. The molecule has 2 aromatic carbocycles. The van der Waals surface area contributed by atoms with E-state index in [1.165, 1.54) is 55.6 Å². The average Bonchev–Trinajstić information content (AvgIpc) is 3.68. The number of benzene rings is 2. The fourth-order valence-electron chi connectivity index (χ4n) is 6.89. The SMILES string of the molecule is O=C(CCCC1(c2ccc(Br)cc2)c2ccccc2-c2nccn21)N1CCC(CCN2CCCC2)CC1. The standard InChI is InChI=1S/C31H37BrN4O/c32-26-11-9-25(10-12-26)31(28-7-2-1-6-27(28)30-33-17-23-36(30)31)16-5-8-29(37)35-21-14-24(15-22-35)13-20-34-18-3-4-19-34/h1-2,6-7,9-12,17,23-24H,3-5,8,13-16,18-22H2. The Labute approximate surface area is 229 Å². The Hall–Kier alpha value is -2.44. The van der Waals surface area contributed by atoms with Crippen LogP contribution in [0.4, 0.5) is 0 Å². The van der Waals surface area contributed by atoms with Crippen LogP contribution in [-0.4, -0.2) is 58.0 Å². The van der Waals surface area contributed by atoms with Crippen LogP contribution >= 0.6 is 15.9 Å². The van der Waals surface area contributed by atoms with E-state index in [2.05, 4.69) is 85.0 Å². The molecule has 0 spiro atoms. The molecule has 37 heavy (non-hydrogen) atoms. The monoisotopic (exact) mass is 560 g/mol. The molecule has 2 saturated heterocycles. The summed E-state index contributed by atoms with van der Waals surface area (Å²) in [6.45, 7) is 5.66. The first kappa shape index (κ1) is 24.9. The third-order valence-corrected chi connectivity index (χ3v) is 9.46. The highest BCUT2D eigenvalue weighted by Gasteiger charge is 2.44. The lowest BCUT2D eigenvalue weighted by Crippen LogP contribution is -2.39. The highest BCUT2D eigenvalue weighted by atomic mass is 79.9. The van der Waals surface area contributed by atoms with E-state index in [0.29, 0.717) is 12.3 Å². The van der Waals surface area contributed by atoms with E-state index in [0.717, 1.165) is 55.0 Å². The second-order valence-corrected chi connectivity index (χ2v) is 12.0. The lowest BCUT2D eigenvalue weighted by Gasteiger charge is -2.35. The van der Waals surface area contributed by atoms with E-state index in [1.807, 2.05) is 6.20 Å². The molecule has 1 unspecified atom stereocenters. The first-order valence-corrected chi connectivity index (χ1v) is 14.8. The number of aromatic nitrogens is 2. The molecule has 1 aromatic heterocycles. The molecule has 0 aliphatic carbocycles. The van der Waals surface area contributed by atoms with Gasteiger partial charge in [-0.25, -0.2) is 4.98 Å². The van der Waals surface area contributed by atoms with Crippen LogP contribution in [0.2, 0.25) is 0 Å². The number of imidazole rings is 1. The molecule has 6 rings (SSSR count). The molecule has 1 atom stereocenters. The molecular formula is C31H37BrN4O. The molecule has 0 saturated carbocycles. The van der Waals surface area contributed by atoms with Crippen molar-refractivity contribution in [2.75, 3.05) is 32.7 Å². The van der Waals surface area contributed by atoms with Crippen LogP contribution in [0.1, 0.15) is 62.5 Å². The fraction of sp³-hybridized carbons (Fsp3) is 0.484. The Bertz CT molecular complexity index is 1220. The second kappa shape index (κ2) is 10.7. The second-order valence-electron chi connectivity index (χ2n) is 11.0. The van der Waals surface area contributed by atoms with E-state index in [4.69, 9.17) is 4.98 Å². The minimum atomic E-state index is -0.341. The van der Waals surface area contributed by atoms with Crippen LogP contribution in [0.5, 0.6) is 0 Å². The summed E-state index contributed by atoms with van der Waals surface area (Å²) in [6.07, 6.45) is 12.7. The van der Waals surface area contributed by atoms with Crippen LogP contribution in [-0.2, 0) is 10.3 Å². The van der Waals surface area contributed by atoms with Gasteiger partial charge in [0.1, 0.15) is 5.82 Å². The van der Waals surface area contributed by atoms with Crippen molar-refractivity contribution in [3.63, 3.8) is 0 Å². The van der Waals surface area contributed by atoms with E-state index < -0.39 is 0 Å². The van der Waals surface area contributed by atoms with Crippen molar-refractivity contribution in [3.05, 3.63) is 76.5 Å². The maximum absolute atomic E-state index is 13.3. The summed E-state index contributed by atoms with van der Waals surface area (Å²) in [5.41, 5.74) is 3.38. The van der Waals surface area contributed by atoms with Crippen LogP contribution in [0, 0.1) is 5.92 Å². The largest absolute Gasteiger partial charge is 0.343 e. The lowest BCUT2D eigenvalue weighted by atomic mass is 9.79. The third-order valence-electron chi connectivity index (χ3n) is 8.94. The predicted molar refractivity (Wildman–Crippen MR) is 151 cm³/mol. The van der Waals surface area contributed by atoms with E-state index in [1.54, 1.807) is 0 Å². The third kappa shape index (κ3) is 4.79. The van der Waals surface area contributed by atoms with Gasteiger partial charge in [-0.15, -0.1) is 0 Å². The quantitative estimate of drug-likeness (QED) is 0.324. The lowest BCUT2D eigenvalue weighted by molar-refractivity contribution is -0.132. The Balaban J connectivity index is 1.12. The Morgan fingerprint density at radius 1 is 1.00 bits per heavy atom. The maximum Gasteiger partial charge on any atom is 0.222 e. The zero-order chi connectivity index (χ0) is 25.2. The topological polar surface area (TPSA) is 41.4 Å². The molecule has 0 radical (unpaired) electrons. The molecular weight excluding hydrogens is 524 g/mol. The van der Waals surface area contributed by atoms with Gasteiger partial charge in [-0.1, -0.05) is 52.3 Å². The van der Waals surface area contributed by atoms with Crippen LogP contribution in [0.3, 0.4) is 0 Å². The number of carbonyl (C=O) groups excluding carboxylic acids is 1. The van der Waals surface area contributed by atoms with Crippen LogP contribution in [0.15, 0.2) is 65.4 Å². The van der Waals surface area contributed by atoms with Gasteiger partial charge in [0.25, 0.3) is 0 Å². The highest BCUT2D eigenvalue weighted by Crippen LogP contribution is 2.49. The van der Waals surface area contributed by atoms with Gasteiger partial charge in [-0.3, -0.25) is 4.79 Å².